The van der Waals surface area contributed by atoms with Crippen molar-refractivity contribution in [2.45, 2.75) is 18.4 Å². The van der Waals surface area contributed by atoms with Gasteiger partial charge in [0, 0.05) is 18.7 Å². The van der Waals surface area contributed by atoms with E-state index in [-0.39, 0.29) is 10.8 Å². The molecular weight excluding hydrogens is 510 g/mol. The highest BCUT2D eigenvalue weighted by Crippen LogP contribution is 2.37. The monoisotopic (exact) mass is 537 g/mol. The van der Waals surface area contributed by atoms with Crippen LogP contribution in [-0.2, 0) is 21.3 Å². The molecule has 8 nitrogen and oxygen atoms in total. The number of aromatic nitrogens is 1. The zero-order valence-electron chi connectivity index (χ0n) is 20.6. The Labute approximate surface area is 220 Å². The van der Waals surface area contributed by atoms with Crippen LogP contribution in [0.15, 0.2) is 71.6 Å². The molecule has 0 spiro atoms. The maximum atomic E-state index is 13.8. The third-order valence-electron chi connectivity index (χ3n) is 6.28. The van der Waals surface area contributed by atoms with Crippen molar-refractivity contribution in [2.24, 2.45) is 0 Å². The molecule has 1 aromatic heterocycles. The van der Waals surface area contributed by atoms with E-state index >= 15 is 0 Å². The number of fused-ring (bicyclic) bond motifs is 1. The molecule has 2 heterocycles. The minimum Gasteiger partial charge on any atom is -0.494 e. The van der Waals surface area contributed by atoms with Crippen LogP contribution in [0.1, 0.15) is 21.5 Å². The van der Waals surface area contributed by atoms with E-state index in [2.05, 4.69) is 0 Å². The standard InChI is InChI=1S/C27H27N3O5S2/c1-19-8-13-23(34-2)24-25(19)36-27(28-24)30(18-20-6-4-3-5-7-20)26(31)21-9-11-22(12-10-21)37(32,33)29-14-16-35-17-15-29/h3-13H,14-18H2,1-2H3. The number of hydrogen-bond acceptors (Lipinski definition) is 7. The Bertz CT molecular complexity index is 1510. The van der Waals surface area contributed by atoms with Gasteiger partial charge in [0.05, 0.1) is 36.5 Å². The molecule has 3 aromatic carbocycles. The summed E-state index contributed by atoms with van der Waals surface area (Å²) in [6, 6.07) is 19.6. The van der Waals surface area contributed by atoms with Crippen LogP contribution >= 0.6 is 11.3 Å². The van der Waals surface area contributed by atoms with Crippen molar-refractivity contribution in [3.8, 4) is 5.75 Å². The minimum atomic E-state index is -3.65. The van der Waals surface area contributed by atoms with Gasteiger partial charge in [-0.2, -0.15) is 4.31 Å². The quantitative estimate of drug-likeness (QED) is 0.345. The van der Waals surface area contributed by atoms with Crippen LogP contribution in [0.4, 0.5) is 5.13 Å². The van der Waals surface area contributed by atoms with E-state index in [4.69, 9.17) is 14.5 Å². The van der Waals surface area contributed by atoms with E-state index in [1.165, 1.54) is 27.8 Å². The number of aryl methyl sites for hydroxylation is 1. The number of ether oxygens (including phenoxy) is 2. The average molecular weight is 538 g/mol. The molecular formula is C27H27N3O5S2. The molecule has 0 unspecified atom stereocenters. The summed E-state index contributed by atoms with van der Waals surface area (Å²) in [4.78, 5) is 20.4. The molecule has 1 fully saturated rings. The molecule has 192 valence electrons. The largest absolute Gasteiger partial charge is 0.494 e. The summed E-state index contributed by atoms with van der Waals surface area (Å²) in [5.41, 5.74) is 3.08. The first-order chi connectivity index (χ1) is 17.9. The Balaban J connectivity index is 1.50. The molecule has 5 rings (SSSR count). The number of carbonyl (C=O) groups is 1. The summed E-state index contributed by atoms with van der Waals surface area (Å²) in [6.45, 7) is 3.69. The maximum absolute atomic E-state index is 13.8. The highest BCUT2D eigenvalue weighted by Gasteiger charge is 2.28. The first-order valence-corrected chi connectivity index (χ1v) is 14.1. The van der Waals surface area contributed by atoms with E-state index in [1.807, 2.05) is 49.4 Å². The summed E-state index contributed by atoms with van der Waals surface area (Å²) in [7, 11) is -2.05. The fraction of sp³-hybridized carbons (Fsp3) is 0.259. The van der Waals surface area contributed by atoms with Gasteiger partial charge in [0.1, 0.15) is 11.3 Å². The van der Waals surface area contributed by atoms with Gasteiger partial charge in [-0.1, -0.05) is 47.7 Å². The lowest BCUT2D eigenvalue weighted by atomic mass is 10.1. The Morgan fingerprint density at radius 2 is 1.76 bits per heavy atom. The number of carbonyl (C=O) groups excluding carboxylic acids is 1. The van der Waals surface area contributed by atoms with E-state index in [1.54, 1.807) is 24.1 Å². The van der Waals surface area contributed by atoms with Crippen LogP contribution in [0.3, 0.4) is 0 Å². The highest BCUT2D eigenvalue weighted by molar-refractivity contribution is 7.89. The van der Waals surface area contributed by atoms with Crippen LogP contribution in [0.25, 0.3) is 10.2 Å². The lowest BCUT2D eigenvalue weighted by Gasteiger charge is -2.26. The number of nitrogens with zero attached hydrogens (tertiary/aromatic N) is 3. The molecule has 10 heteroatoms. The second kappa shape index (κ2) is 10.6. The van der Waals surface area contributed by atoms with Gasteiger partial charge >= 0.3 is 0 Å². The number of hydrogen-bond donors (Lipinski definition) is 0. The zero-order chi connectivity index (χ0) is 26.0. The van der Waals surface area contributed by atoms with Crippen molar-refractivity contribution in [3.05, 3.63) is 83.4 Å². The highest BCUT2D eigenvalue weighted by atomic mass is 32.2. The van der Waals surface area contributed by atoms with Crippen molar-refractivity contribution >= 4 is 42.6 Å². The van der Waals surface area contributed by atoms with E-state index < -0.39 is 10.0 Å². The van der Waals surface area contributed by atoms with Crippen molar-refractivity contribution in [2.75, 3.05) is 38.3 Å². The van der Waals surface area contributed by atoms with E-state index in [0.29, 0.717) is 54.8 Å². The van der Waals surface area contributed by atoms with Gasteiger partial charge in [0.15, 0.2) is 5.13 Å². The smallest absolute Gasteiger partial charge is 0.260 e. The minimum absolute atomic E-state index is 0.154. The fourth-order valence-electron chi connectivity index (χ4n) is 4.23. The van der Waals surface area contributed by atoms with Crippen LogP contribution in [0.5, 0.6) is 5.75 Å². The first-order valence-electron chi connectivity index (χ1n) is 11.9. The predicted octanol–water partition coefficient (Wildman–Crippen LogP) is 4.48. The van der Waals surface area contributed by atoms with Crippen molar-refractivity contribution in [3.63, 3.8) is 0 Å². The second-order valence-electron chi connectivity index (χ2n) is 8.68. The van der Waals surface area contributed by atoms with Gasteiger partial charge in [-0.25, -0.2) is 13.4 Å². The van der Waals surface area contributed by atoms with Crippen molar-refractivity contribution in [1.82, 2.24) is 9.29 Å². The number of rotatable bonds is 7. The van der Waals surface area contributed by atoms with Crippen LogP contribution in [0.2, 0.25) is 0 Å². The number of thiazole rings is 1. The Kier molecular flexibility index (Phi) is 7.25. The normalized spacial score (nSPS) is 14.5. The molecule has 0 radical (unpaired) electrons. The Morgan fingerprint density at radius 1 is 1.05 bits per heavy atom. The molecule has 37 heavy (non-hydrogen) atoms. The molecule has 0 saturated carbocycles. The van der Waals surface area contributed by atoms with Crippen LogP contribution in [-0.4, -0.2) is 57.0 Å². The van der Waals surface area contributed by atoms with Gasteiger partial charge in [0.25, 0.3) is 5.91 Å². The second-order valence-corrected chi connectivity index (χ2v) is 11.6. The van der Waals surface area contributed by atoms with Crippen LogP contribution < -0.4 is 9.64 Å². The molecule has 1 saturated heterocycles. The number of morpholine rings is 1. The third kappa shape index (κ3) is 5.10. The number of anilines is 1. The molecule has 1 amide bonds. The number of amides is 1. The maximum Gasteiger partial charge on any atom is 0.260 e. The third-order valence-corrected chi connectivity index (χ3v) is 9.41. The molecule has 1 aliphatic heterocycles. The van der Waals surface area contributed by atoms with Gasteiger partial charge in [0.2, 0.25) is 10.0 Å². The Morgan fingerprint density at radius 3 is 2.43 bits per heavy atom. The first kappa shape index (κ1) is 25.3. The lowest BCUT2D eigenvalue weighted by Crippen LogP contribution is -2.40. The van der Waals surface area contributed by atoms with Crippen molar-refractivity contribution in [1.29, 1.82) is 0 Å². The molecule has 0 N–H and O–H groups in total. The van der Waals surface area contributed by atoms with Crippen LogP contribution in [0, 0.1) is 6.92 Å². The number of sulfonamides is 1. The topological polar surface area (TPSA) is 89.0 Å². The summed E-state index contributed by atoms with van der Waals surface area (Å²) in [5.74, 6) is 0.378. The van der Waals surface area contributed by atoms with E-state index in [0.717, 1.165) is 15.8 Å². The van der Waals surface area contributed by atoms with Gasteiger partial charge in [-0.05, 0) is 48.4 Å². The summed E-state index contributed by atoms with van der Waals surface area (Å²) < 4.78 is 39.2. The van der Waals surface area contributed by atoms with E-state index in [9.17, 15) is 13.2 Å². The predicted molar refractivity (Wildman–Crippen MR) is 144 cm³/mol. The molecule has 4 aromatic rings. The fourth-order valence-corrected chi connectivity index (χ4v) is 6.69. The molecule has 0 aliphatic carbocycles. The molecule has 0 bridgehead atoms. The van der Waals surface area contributed by atoms with Gasteiger partial charge in [-0.3, -0.25) is 9.69 Å². The van der Waals surface area contributed by atoms with Crippen molar-refractivity contribution < 1.29 is 22.7 Å². The number of benzene rings is 3. The molecule has 1 aliphatic rings. The summed E-state index contributed by atoms with van der Waals surface area (Å²) in [5, 5.41) is 0.543. The lowest BCUT2D eigenvalue weighted by molar-refractivity contribution is 0.0730. The van der Waals surface area contributed by atoms with Gasteiger partial charge < -0.3 is 9.47 Å². The zero-order valence-corrected chi connectivity index (χ0v) is 22.2. The molecule has 0 atom stereocenters. The Hall–Kier alpha value is -3.31. The SMILES string of the molecule is COc1ccc(C)c2sc(N(Cc3ccccc3)C(=O)c3ccc(S(=O)(=O)N4CCOCC4)cc3)nc12. The van der Waals surface area contributed by atoms with Gasteiger partial charge in [-0.15, -0.1) is 0 Å². The number of methoxy groups -OCH3 is 1. The average Bonchev–Trinajstić information content (AvgIpc) is 3.39. The summed E-state index contributed by atoms with van der Waals surface area (Å²) >= 11 is 1.43. The summed E-state index contributed by atoms with van der Waals surface area (Å²) in [6.07, 6.45) is 0.